The third-order valence-electron chi connectivity index (χ3n) is 2.70. The van der Waals surface area contributed by atoms with E-state index in [1.165, 1.54) is 19.4 Å². The highest BCUT2D eigenvalue weighted by atomic mass is 16.5. The Morgan fingerprint density at radius 2 is 2.05 bits per heavy atom. The van der Waals surface area contributed by atoms with Gasteiger partial charge in [0.2, 0.25) is 0 Å². The predicted molar refractivity (Wildman–Crippen MR) is 75.1 cm³/mol. The Morgan fingerprint density at radius 3 is 2.65 bits per heavy atom. The lowest BCUT2D eigenvalue weighted by molar-refractivity contribution is 0.111. The number of carbonyl (C=O) groups excluding carboxylic acids is 1. The van der Waals surface area contributed by atoms with E-state index >= 15 is 0 Å². The zero-order valence-electron chi connectivity index (χ0n) is 10.6. The second-order valence-electron chi connectivity index (χ2n) is 3.81. The molecule has 0 aliphatic rings. The van der Waals surface area contributed by atoms with Crippen molar-refractivity contribution < 1.29 is 9.53 Å². The van der Waals surface area contributed by atoms with Crippen molar-refractivity contribution in [3.8, 4) is 5.75 Å². The molecule has 2 rings (SSSR count). The molecule has 0 atom stereocenters. The first kappa shape index (κ1) is 13.8. The van der Waals surface area contributed by atoms with Gasteiger partial charge in [-0.1, -0.05) is 0 Å². The molecular formula is C12H10BN3O4. The van der Waals surface area contributed by atoms with E-state index in [2.05, 4.69) is 15.6 Å². The summed E-state index contributed by atoms with van der Waals surface area (Å²) < 4.78 is 5.07. The van der Waals surface area contributed by atoms with Gasteiger partial charge in [0, 0.05) is 6.20 Å². The molecule has 1 aromatic heterocycles. The number of carbonyl (C=O) groups is 1. The number of anilines is 3. The van der Waals surface area contributed by atoms with E-state index < -0.39 is 10.9 Å². The van der Waals surface area contributed by atoms with Crippen molar-refractivity contribution >= 4 is 31.2 Å². The predicted octanol–water partition coefficient (Wildman–Crippen LogP) is -0.220. The van der Waals surface area contributed by atoms with Crippen molar-refractivity contribution in [1.29, 1.82) is 0 Å². The maximum Gasteiger partial charge on any atom is 0.253 e. The second-order valence-corrected chi connectivity index (χ2v) is 3.81. The van der Waals surface area contributed by atoms with E-state index in [-0.39, 0.29) is 29.3 Å². The summed E-state index contributed by atoms with van der Waals surface area (Å²) in [6, 6.07) is 1.52. The molecule has 0 fully saturated rings. The lowest BCUT2D eigenvalue weighted by Crippen LogP contribution is -2.36. The fraction of sp³-hybridized carbons (Fsp3) is 0.167. The van der Waals surface area contributed by atoms with Gasteiger partial charge in [0.1, 0.15) is 17.1 Å². The van der Waals surface area contributed by atoms with Gasteiger partial charge < -0.3 is 15.4 Å². The number of nitrogens with zero attached hydrogens (tertiary/aromatic N) is 1. The van der Waals surface area contributed by atoms with Crippen LogP contribution in [0, 0.1) is 0 Å². The molecule has 1 aromatic carbocycles. The van der Waals surface area contributed by atoms with Crippen LogP contribution in [0.3, 0.4) is 0 Å². The summed E-state index contributed by atoms with van der Waals surface area (Å²) in [6.07, 6.45) is 1.94. The van der Waals surface area contributed by atoms with Gasteiger partial charge in [0.05, 0.1) is 20.6 Å². The van der Waals surface area contributed by atoms with Crippen LogP contribution < -0.4 is 26.2 Å². The minimum atomic E-state index is -0.660. The smallest absolute Gasteiger partial charge is 0.253 e. The minimum Gasteiger partial charge on any atom is -0.492 e. The first-order chi connectivity index (χ1) is 9.63. The van der Waals surface area contributed by atoms with Gasteiger partial charge >= 0.3 is 0 Å². The molecule has 0 aliphatic carbocycles. The van der Waals surface area contributed by atoms with E-state index in [1.54, 1.807) is 0 Å². The first-order valence-corrected chi connectivity index (χ1v) is 5.66. The van der Waals surface area contributed by atoms with Crippen LogP contribution in [0.25, 0.3) is 0 Å². The summed E-state index contributed by atoms with van der Waals surface area (Å²) >= 11 is 0. The molecule has 0 bridgehead atoms. The zero-order chi connectivity index (χ0) is 14.7. The van der Waals surface area contributed by atoms with Crippen LogP contribution in [0.15, 0.2) is 21.9 Å². The first-order valence-electron chi connectivity index (χ1n) is 5.66. The molecule has 20 heavy (non-hydrogen) atoms. The van der Waals surface area contributed by atoms with Crippen molar-refractivity contribution in [2.75, 3.05) is 24.2 Å². The Labute approximate surface area is 115 Å². The van der Waals surface area contributed by atoms with Gasteiger partial charge in [-0.25, -0.2) is 4.98 Å². The van der Waals surface area contributed by atoms with Crippen molar-refractivity contribution in [2.45, 2.75) is 0 Å². The maximum atomic E-state index is 11.5. The fourth-order valence-electron chi connectivity index (χ4n) is 1.78. The quantitative estimate of drug-likeness (QED) is 0.426. The topological polar surface area (TPSA) is 97.4 Å². The van der Waals surface area contributed by atoms with E-state index in [4.69, 9.17) is 12.6 Å². The van der Waals surface area contributed by atoms with Gasteiger partial charge in [-0.2, -0.15) is 0 Å². The van der Waals surface area contributed by atoms with Crippen molar-refractivity contribution in [3.63, 3.8) is 0 Å². The van der Waals surface area contributed by atoms with Gasteiger partial charge in [0.15, 0.2) is 12.0 Å². The van der Waals surface area contributed by atoms with Crippen LogP contribution in [0.2, 0.25) is 0 Å². The summed E-state index contributed by atoms with van der Waals surface area (Å²) in [5.74, 6) is 0.189. The van der Waals surface area contributed by atoms with Gasteiger partial charge in [-0.05, 0) is 12.5 Å². The summed E-state index contributed by atoms with van der Waals surface area (Å²) in [5.41, 5.74) is -0.652. The Bertz CT molecular complexity index is 722. The maximum absolute atomic E-state index is 11.5. The lowest BCUT2D eigenvalue weighted by atomic mass is 10.1. The zero-order valence-corrected chi connectivity index (χ0v) is 10.6. The van der Waals surface area contributed by atoms with Crippen molar-refractivity contribution in [2.24, 2.45) is 0 Å². The largest absolute Gasteiger partial charge is 0.492 e. The molecule has 100 valence electrons. The highest BCUT2D eigenvalue weighted by Gasteiger charge is 2.22. The molecule has 1 heterocycles. The fourth-order valence-corrected chi connectivity index (χ4v) is 1.78. The third kappa shape index (κ3) is 2.15. The standard InChI is InChI=1S/C12H10BN3O4/c1-20-12-6(2-3-14-7(12)4-17)16-9-8(15-5-13)10(18)11(9)19/h2-4,15H,5H2,1H3,(H,14,16). The summed E-state index contributed by atoms with van der Waals surface area (Å²) in [4.78, 5) is 37.6. The normalized spacial score (nSPS) is 10.2. The average molecular weight is 271 g/mol. The van der Waals surface area contributed by atoms with Crippen LogP contribution in [0.4, 0.5) is 17.1 Å². The van der Waals surface area contributed by atoms with Crippen LogP contribution >= 0.6 is 0 Å². The van der Waals surface area contributed by atoms with E-state index in [0.29, 0.717) is 12.0 Å². The molecule has 8 heteroatoms. The van der Waals surface area contributed by atoms with Crippen LogP contribution in [0.5, 0.6) is 5.75 Å². The van der Waals surface area contributed by atoms with Crippen molar-refractivity contribution in [1.82, 2.24) is 4.98 Å². The third-order valence-corrected chi connectivity index (χ3v) is 2.70. The minimum absolute atomic E-state index is 0.0204. The number of aldehydes is 1. The molecule has 0 amide bonds. The monoisotopic (exact) mass is 271 g/mol. The van der Waals surface area contributed by atoms with Gasteiger partial charge in [-0.15, -0.1) is 0 Å². The van der Waals surface area contributed by atoms with Crippen LogP contribution in [-0.4, -0.2) is 32.7 Å². The summed E-state index contributed by atoms with van der Waals surface area (Å²) in [5, 5.41) is 5.35. The Morgan fingerprint density at radius 1 is 1.35 bits per heavy atom. The molecule has 0 saturated heterocycles. The number of hydrogen-bond acceptors (Lipinski definition) is 7. The molecule has 0 saturated carbocycles. The summed E-state index contributed by atoms with van der Waals surface area (Å²) in [7, 11) is 6.66. The molecule has 0 aliphatic heterocycles. The highest BCUT2D eigenvalue weighted by Crippen LogP contribution is 2.30. The highest BCUT2D eigenvalue weighted by molar-refractivity contribution is 6.10. The number of aromatic nitrogens is 1. The molecule has 2 aromatic rings. The van der Waals surface area contributed by atoms with E-state index in [1.807, 2.05) is 0 Å². The SMILES string of the molecule is [B]CNc1c(Nc2ccnc(C=O)c2OC)c(=O)c1=O. The Balaban J connectivity index is 2.41. The number of nitrogens with one attached hydrogen (secondary N) is 2. The van der Waals surface area contributed by atoms with Gasteiger partial charge in [-0.3, -0.25) is 14.4 Å². The molecule has 2 N–H and O–H groups in total. The number of rotatable bonds is 6. The number of methoxy groups -OCH3 is 1. The van der Waals surface area contributed by atoms with E-state index in [0.717, 1.165) is 0 Å². The number of pyridine rings is 1. The molecule has 2 radical (unpaired) electrons. The van der Waals surface area contributed by atoms with E-state index in [9.17, 15) is 14.4 Å². The van der Waals surface area contributed by atoms with Crippen LogP contribution in [-0.2, 0) is 0 Å². The molecular weight excluding hydrogens is 261 g/mol. The molecule has 7 nitrogen and oxygen atoms in total. The van der Waals surface area contributed by atoms with Gasteiger partial charge in [0.25, 0.3) is 10.9 Å². The second kappa shape index (κ2) is 5.56. The van der Waals surface area contributed by atoms with Crippen LogP contribution in [0.1, 0.15) is 10.5 Å². The Kier molecular flexibility index (Phi) is 3.83. The molecule has 0 unspecified atom stereocenters. The summed E-state index contributed by atoms with van der Waals surface area (Å²) in [6.45, 7) is 0. The average Bonchev–Trinajstić information content (AvgIpc) is 2.49. The van der Waals surface area contributed by atoms with Crippen molar-refractivity contribution in [3.05, 3.63) is 38.4 Å². The lowest BCUT2D eigenvalue weighted by Gasteiger charge is -2.16. The number of ether oxygens (including phenoxy) is 1. The number of hydrogen-bond donors (Lipinski definition) is 2. The molecule has 0 spiro atoms. The Hall–Kier alpha value is -2.64.